The number of H-pyrrole nitrogens is 1. The van der Waals surface area contributed by atoms with Crippen LogP contribution >= 0.6 is 7.82 Å². The minimum absolute atomic E-state index is 0.0419. The van der Waals surface area contributed by atoms with Crippen LogP contribution in [-0.4, -0.2) is 92.2 Å². The van der Waals surface area contributed by atoms with E-state index >= 15 is 0 Å². The summed E-state index contributed by atoms with van der Waals surface area (Å²) in [6, 6.07) is -0.327. The van der Waals surface area contributed by atoms with Crippen molar-refractivity contribution < 1.29 is 43.3 Å². The molecule has 3 heterocycles. The molecule has 0 aromatic carbocycles. The first-order valence-corrected chi connectivity index (χ1v) is 12.2. The van der Waals surface area contributed by atoms with Crippen molar-refractivity contribution in [2.24, 2.45) is 0 Å². The summed E-state index contributed by atoms with van der Waals surface area (Å²) in [5.41, 5.74) is -0.556. The molecule has 198 valence electrons. The van der Waals surface area contributed by atoms with Gasteiger partial charge in [-0.15, -0.1) is 0 Å². The number of fused-ring (bicyclic) bond motifs is 1. The number of nitrogens with zero attached hydrogens (tertiary/aromatic N) is 3. The minimum atomic E-state index is -4.58. The van der Waals surface area contributed by atoms with E-state index in [0.717, 1.165) is 7.11 Å². The molecule has 0 bridgehead atoms. The van der Waals surface area contributed by atoms with Crippen molar-refractivity contribution in [3.8, 4) is 0 Å². The summed E-state index contributed by atoms with van der Waals surface area (Å²) >= 11 is 0. The fourth-order valence-corrected chi connectivity index (χ4v) is 4.12. The van der Waals surface area contributed by atoms with Gasteiger partial charge in [0, 0.05) is 14.2 Å². The first-order valence-electron chi connectivity index (χ1n) is 10.8. The van der Waals surface area contributed by atoms with Crippen molar-refractivity contribution in [3.05, 3.63) is 23.1 Å². The molecule has 8 unspecified atom stereocenters. The SMILES string of the molecule is C[CH-]C(CC(OC)C(C)O)Nc1nc2c(ncn2C2OC(COP(=O)([O-])OC)C(O)C2O)c(=O)[nH]1. The monoisotopic (exact) mass is 519 g/mol. The highest BCUT2D eigenvalue weighted by Gasteiger charge is 2.45. The third-order valence-corrected chi connectivity index (χ3v) is 6.63. The summed E-state index contributed by atoms with van der Waals surface area (Å²) in [5, 5.41) is 33.7. The fourth-order valence-electron chi connectivity index (χ4n) is 3.69. The highest BCUT2D eigenvalue weighted by atomic mass is 31.2. The average Bonchev–Trinajstić information content (AvgIpc) is 3.36. The van der Waals surface area contributed by atoms with Crippen molar-refractivity contribution in [2.45, 2.75) is 63.1 Å². The van der Waals surface area contributed by atoms with E-state index in [9.17, 15) is 29.6 Å². The van der Waals surface area contributed by atoms with E-state index in [4.69, 9.17) is 9.47 Å². The Morgan fingerprint density at radius 1 is 1.40 bits per heavy atom. The van der Waals surface area contributed by atoms with Crippen LogP contribution in [0.2, 0.25) is 0 Å². The number of anilines is 1. The number of phosphoric acid groups is 1. The molecule has 3 rings (SSSR count). The lowest BCUT2D eigenvalue weighted by Gasteiger charge is -2.30. The molecule has 0 spiro atoms. The van der Waals surface area contributed by atoms with Gasteiger partial charge in [0.15, 0.2) is 17.4 Å². The number of hydrogen-bond acceptors (Lipinski definition) is 13. The van der Waals surface area contributed by atoms with Crippen molar-refractivity contribution in [1.82, 2.24) is 19.5 Å². The van der Waals surface area contributed by atoms with Crippen LogP contribution in [0.3, 0.4) is 0 Å². The summed E-state index contributed by atoms with van der Waals surface area (Å²) < 4.78 is 32.4. The van der Waals surface area contributed by atoms with Crippen LogP contribution in [0.5, 0.6) is 0 Å². The molecule has 1 saturated heterocycles. The maximum absolute atomic E-state index is 12.6. The third-order valence-electron chi connectivity index (χ3n) is 5.72. The van der Waals surface area contributed by atoms with Gasteiger partial charge in [0.2, 0.25) is 5.95 Å². The Morgan fingerprint density at radius 2 is 2.11 bits per heavy atom. The standard InChI is InChI=1S/C19H31N5O10P/c1-5-10(6-11(31-3)9(2)25)21-19-22-16-13(17(28)23-19)20-8-24(16)18-15(27)14(26)12(34-18)7-33-35(29,30)32-4/h5,8-12,14-15,18,25-27H,6-7H2,1-4H3,(H,29,30)(H2,21,22,23,28)/q-1/p-1. The number of phosphoric ester groups is 1. The van der Waals surface area contributed by atoms with Gasteiger partial charge >= 0.3 is 0 Å². The number of aliphatic hydroxyl groups excluding tert-OH is 3. The number of nitrogens with one attached hydrogen (secondary N) is 2. The van der Waals surface area contributed by atoms with Gasteiger partial charge in [-0.1, -0.05) is 6.04 Å². The Hall–Kier alpha value is -1.94. The predicted molar refractivity (Wildman–Crippen MR) is 119 cm³/mol. The van der Waals surface area contributed by atoms with E-state index < -0.39 is 56.7 Å². The van der Waals surface area contributed by atoms with Crippen LogP contribution in [-0.2, 0) is 23.1 Å². The Kier molecular flexibility index (Phi) is 9.01. The molecule has 0 amide bonds. The zero-order chi connectivity index (χ0) is 25.9. The lowest BCUT2D eigenvalue weighted by molar-refractivity contribution is -0.226. The molecule has 1 aliphatic heterocycles. The van der Waals surface area contributed by atoms with E-state index in [1.54, 1.807) is 13.8 Å². The molecule has 35 heavy (non-hydrogen) atoms. The van der Waals surface area contributed by atoms with Crippen molar-refractivity contribution in [1.29, 1.82) is 0 Å². The third kappa shape index (κ3) is 6.25. The van der Waals surface area contributed by atoms with Crippen molar-refractivity contribution in [3.63, 3.8) is 0 Å². The van der Waals surface area contributed by atoms with Crippen molar-refractivity contribution in [2.75, 3.05) is 26.1 Å². The van der Waals surface area contributed by atoms with Gasteiger partial charge in [-0.25, -0.2) is 4.98 Å². The highest BCUT2D eigenvalue weighted by Crippen LogP contribution is 2.39. The second-order valence-corrected chi connectivity index (χ2v) is 9.56. The van der Waals surface area contributed by atoms with Crippen LogP contribution in [0.4, 0.5) is 5.95 Å². The largest absolute Gasteiger partial charge is 0.756 e. The van der Waals surface area contributed by atoms with Crippen LogP contribution in [0.1, 0.15) is 26.5 Å². The van der Waals surface area contributed by atoms with Crippen LogP contribution in [0.25, 0.3) is 11.2 Å². The predicted octanol–water partition coefficient (Wildman–Crippen LogP) is -1.34. The molecule has 1 fully saturated rings. The second-order valence-electron chi connectivity index (χ2n) is 8.05. The minimum Gasteiger partial charge on any atom is -0.756 e. The Bertz CT molecular complexity index is 1090. The van der Waals surface area contributed by atoms with Gasteiger partial charge < -0.3 is 50.5 Å². The Morgan fingerprint density at radius 3 is 2.71 bits per heavy atom. The Balaban J connectivity index is 1.84. The fraction of sp³-hybridized carbons (Fsp3) is 0.684. The molecule has 0 saturated carbocycles. The summed E-state index contributed by atoms with van der Waals surface area (Å²) in [7, 11) is -2.17. The van der Waals surface area contributed by atoms with Crippen molar-refractivity contribution >= 4 is 24.9 Å². The first-order chi connectivity index (χ1) is 16.5. The molecular weight excluding hydrogens is 489 g/mol. The summed E-state index contributed by atoms with van der Waals surface area (Å²) in [4.78, 5) is 35.0. The quantitative estimate of drug-likeness (QED) is 0.162. The number of hydrogen-bond donors (Lipinski definition) is 5. The van der Waals surface area contributed by atoms with Gasteiger partial charge in [-0.05, 0) is 13.3 Å². The molecule has 2 aromatic heterocycles. The van der Waals surface area contributed by atoms with Gasteiger partial charge in [-0.3, -0.25) is 18.9 Å². The van der Waals surface area contributed by atoms with Gasteiger partial charge in [0.1, 0.15) is 18.3 Å². The topological polar surface area (TPSA) is 213 Å². The van der Waals surface area contributed by atoms with E-state index in [1.807, 2.05) is 6.42 Å². The van der Waals surface area contributed by atoms with Gasteiger partial charge in [-0.2, -0.15) is 11.9 Å². The lowest BCUT2D eigenvalue weighted by atomic mass is 10.0. The number of ether oxygens (including phenoxy) is 2. The van der Waals surface area contributed by atoms with E-state index in [2.05, 4.69) is 29.3 Å². The number of rotatable bonds is 12. The lowest BCUT2D eigenvalue weighted by Crippen LogP contribution is -2.34. The molecule has 0 radical (unpaired) electrons. The smallest absolute Gasteiger partial charge is 0.280 e. The number of aliphatic hydroxyl groups is 3. The van der Waals surface area contributed by atoms with Crippen LogP contribution in [0.15, 0.2) is 11.1 Å². The molecular formula is C19H30N5O10P-2. The maximum Gasteiger partial charge on any atom is 0.280 e. The second kappa shape index (κ2) is 11.4. The molecule has 5 N–H and O–H groups in total. The van der Waals surface area contributed by atoms with Crippen LogP contribution < -0.4 is 15.8 Å². The van der Waals surface area contributed by atoms with E-state index in [1.165, 1.54) is 18.0 Å². The molecule has 8 atom stereocenters. The number of aromatic amines is 1. The Labute approximate surface area is 200 Å². The highest BCUT2D eigenvalue weighted by molar-refractivity contribution is 7.45. The molecule has 0 aliphatic carbocycles. The number of imidazole rings is 1. The zero-order valence-corrected chi connectivity index (χ0v) is 20.5. The molecule has 15 nitrogen and oxygen atoms in total. The molecule has 16 heteroatoms. The first kappa shape index (κ1) is 27.6. The van der Waals surface area contributed by atoms with Gasteiger partial charge in [0.25, 0.3) is 13.4 Å². The maximum atomic E-state index is 12.6. The zero-order valence-electron chi connectivity index (χ0n) is 19.6. The number of aromatic nitrogens is 4. The van der Waals surface area contributed by atoms with Crippen LogP contribution in [0, 0.1) is 6.42 Å². The van der Waals surface area contributed by atoms with Gasteiger partial charge in [0.05, 0.1) is 25.1 Å². The summed E-state index contributed by atoms with van der Waals surface area (Å²) in [5.74, 6) is 0.0908. The average molecular weight is 519 g/mol. The molecule has 1 aliphatic rings. The summed E-state index contributed by atoms with van der Waals surface area (Å²) in [6.45, 7) is 2.80. The number of methoxy groups -OCH3 is 1. The molecule has 2 aromatic rings. The van der Waals surface area contributed by atoms with E-state index in [0.29, 0.717) is 6.42 Å². The summed E-state index contributed by atoms with van der Waals surface area (Å²) in [6.07, 6.45) is -3.22. The van der Waals surface area contributed by atoms with E-state index in [-0.39, 0.29) is 23.2 Å². The normalized spacial score (nSPS) is 27.0.